The molecule has 2 aliphatic heterocycles. The lowest BCUT2D eigenvalue weighted by Gasteiger charge is -2.41. The molecule has 0 aliphatic carbocycles. The lowest BCUT2D eigenvalue weighted by molar-refractivity contribution is 0.152. The molecule has 162 valence electrons. The third-order valence-electron chi connectivity index (χ3n) is 7.09. The molecule has 30 heavy (non-hydrogen) atoms. The largest absolute Gasteiger partial charge is 0.411 e. The van der Waals surface area contributed by atoms with Crippen molar-refractivity contribution < 1.29 is 4.43 Å². The van der Waals surface area contributed by atoms with Gasteiger partial charge in [-0.3, -0.25) is 4.90 Å². The van der Waals surface area contributed by atoms with Gasteiger partial charge in [0.25, 0.3) is 0 Å². The first-order chi connectivity index (χ1) is 14.2. The average Bonchev–Trinajstić information content (AvgIpc) is 3.26. The average molecular weight is 441 g/mol. The summed E-state index contributed by atoms with van der Waals surface area (Å²) in [5.74, 6) is 0. The van der Waals surface area contributed by atoms with Crippen LogP contribution in [0.15, 0.2) is 60.7 Å². The Bertz CT molecular complexity index is 839. The predicted octanol–water partition coefficient (Wildman–Crippen LogP) is 6.19. The van der Waals surface area contributed by atoms with E-state index in [1.54, 1.807) is 0 Å². The van der Waals surface area contributed by atoms with Crippen LogP contribution in [0.1, 0.15) is 32.8 Å². The molecule has 0 N–H and O–H groups in total. The van der Waals surface area contributed by atoms with Crippen molar-refractivity contribution >= 4 is 26.0 Å². The second-order valence-corrected chi connectivity index (χ2v) is 16.6. The highest BCUT2D eigenvalue weighted by Crippen LogP contribution is 2.51. The normalized spacial score (nSPS) is 25.4. The van der Waals surface area contributed by atoms with Crippen molar-refractivity contribution in [1.29, 1.82) is 0 Å². The Morgan fingerprint density at radius 3 is 2.30 bits per heavy atom. The first kappa shape index (κ1) is 21.9. The molecule has 0 amide bonds. The Morgan fingerprint density at radius 2 is 1.67 bits per heavy atom. The van der Waals surface area contributed by atoms with Crippen LogP contribution in [0, 0.1) is 0 Å². The summed E-state index contributed by atoms with van der Waals surface area (Å²) in [7, 11) is -1.85. The lowest BCUT2D eigenvalue weighted by Crippen LogP contribution is -2.51. The lowest BCUT2D eigenvalue weighted by atomic mass is 10.0. The first-order valence-corrected chi connectivity index (χ1v) is 14.8. The number of likely N-dealkylation sites (tertiary alicyclic amines) is 1. The molecular formula is C25H36N2OSSi. The van der Waals surface area contributed by atoms with Gasteiger partial charge in [0.2, 0.25) is 0 Å². The van der Waals surface area contributed by atoms with E-state index in [1.807, 2.05) is 11.9 Å². The summed E-state index contributed by atoms with van der Waals surface area (Å²) in [6, 6.07) is 21.7. The van der Waals surface area contributed by atoms with E-state index in [0.717, 1.165) is 26.2 Å². The van der Waals surface area contributed by atoms with E-state index >= 15 is 0 Å². The topological polar surface area (TPSA) is 15.7 Å². The van der Waals surface area contributed by atoms with Gasteiger partial charge in [-0.15, -0.1) is 0 Å². The maximum Gasteiger partial charge on any atom is 0.192 e. The quantitative estimate of drug-likeness (QED) is 0.407. The van der Waals surface area contributed by atoms with E-state index in [4.69, 9.17) is 4.43 Å². The van der Waals surface area contributed by atoms with Crippen molar-refractivity contribution in [3.05, 3.63) is 66.2 Å². The molecule has 2 saturated heterocycles. The zero-order valence-electron chi connectivity index (χ0n) is 19.1. The molecule has 2 aliphatic rings. The van der Waals surface area contributed by atoms with E-state index in [-0.39, 0.29) is 15.9 Å². The molecular weight excluding hydrogens is 404 g/mol. The number of anilines is 1. The number of hydrogen-bond donors (Lipinski definition) is 0. The van der Waals surface area contributed by atoms with Crippen molar-refractivity contribution in [3.63, 3.8) is 0 Å². The van der Waals surface area contributed by atoms with Gasteiger partial charge in [-0.05, 0) is 54.2 Å². The van der Waals surface area contributed by atoms with Crippen LogP contribution in [0.4, 0.5) is 5.69 Å². The molecule has 4 rings (SSSR count). The molecule has 2 atom stereocenters. The Morgan fingerprint density at radius 1 is 1.03 bits per heavy atom. The summed E-state index contributed by atoms with van der Waals surface area (Å²) in [5.41, 5.74) is 2.70. The zero-order chi connectivity index (χ0) is 21.4. The highest BCUT2D eigenvalue weighted by Gasteiger charge is 2.55. The van der Waals surface area contributed by atoms with Gasteiger partial charge in [0.15, 0.2) is 8.32 Å². The predicted molar refractivity (Wildman–Crippen MR) is 133 cm³/mol. The molecule has 2 aromatic carbocycles. The summed E-state index contributed by atoms with van der Waals surface area (Å²) in [5, 5.41) is 0.224. The van der Waals surface area contributed by atoms with Gasteiger partial charge in [-0.1, -0.05) is 69.3 Å². The zero-order valence-corrected chi connectivity index (χ0v) is 20.9. The summed E-state index contributed by atoms with van der Waals surface area (Å²) < 4.78 is 9.73. The molecule has 0 bridgehead atoms. The van der Waals surface area contributed by atoms with Crippen LogP contribution >= 0.6 is 11.9 Å². The monoisotopic (exact) mass is 440 g/mol. The van der Waals surface area contributed by atoms with Gasteiger partial charge >= 0.3 is 0 Å². The van der Waals surface area contributed by atoms with Crippen LogP contribution in [0.3, 0.4) is 0 Å². The van der Waals surface area contributed by atoms with Crippen molar-refractivity contribution in [2.45, 2.75) is 62.7 Å². The molecule has 2 unspecified atom stereocenters. The molecule has 1 spiro atoms. The fraction of sp³-hybridized carbons (Fsp3) is 0.520. The first-order valence-electron chi connectivity index (χ1n) is 11.1. The molecule has 0 saturated carbocycles. The van der Waals surface area contributed by atoms with Crippen molar-refractivity contribution in [3.8, 4) is 0 Å². The number of nitrogens with zero attached hydrogens (tertiary/aromatic N) is 2. The SMILES string of the molecule is CC(C)(C)[Si](C)(C)OC1CN(c2ccccc2)SC12CCN(Cc1ccccc1)C2. The van der Waals surface area contributed by atoms with Gasteiger partial charge in [0, 0.05) is 25.3 Å². The second kappa shape index (κ2) is 8.34. The third-order valence-corrected chi connectivity index (χ3v) is 13.1. The van der Waals surface area contributed by atoms with Gasteiger partial charge in [-0.25, -0.2) is 0 Å². The summed E-state index contributed by atoms with van der Waals surface area (Å²) in [6.07, 6.45) is 1.46. The fourth-order valence-electron chi connectivity index (χ4n) is 4.26. The summed E-state index contributed by atoms with van der Waals surface area (Å²) in [6.45, 7) is 16.1. The van der Waals surface area contributed by atoms with E-state index < -0.39 is 8.32 Å². The molecule has 0 aromatic heterocycles. The third kappa shape index (κ3) is 4.50. The Labute approximate surface area is 188 Å². The van der Waals surface area contributed by atoms with Crippen LogP contribution in [0.5, 0.6) is 0 Å². The van der Waals surface area contributed by atoms with Crippen LogP contribution < -0.4 is 4.31 Å². The number of benzene rings is 2. The fourth-order valence-corrected chi connectivity index (χ4v) is 7.25. The minimum absolute atomic E-state index is 0.139. The molecule has 2 aromatic rings. The summed E-state index contributed by atoms with van der Waals surface area (Å²) in [4.78, 5) is 2.62. The van der Waals surface area contributed by atoms with Crippen molar-refractivity contribution in [2.24, 2.45) is 0 Å². The standard InChI is InChI=1S/C25H36N2OSSi/c1-24(2,3)30(4,5)28-23-19-27(22-14-10-7-11-15-22)29-25(23)16-17-26(20-25)18-21-12-8-6-9-13-21/h6-15,23H,16-20H2,1-5H3. The van der Waals surface area contributed by atoms with E-state index in [9.17, 15) is 0 Å². The second-order valence-electron chi connectivity index (χ2n) is 10.4. The molecule has 3 nitrogen and oxygen atoms in total. The van der Waals surface area contributed by atoms with E-state index in [1.165, 1.54) is 17.7 Å². The molecule has 0 radical (unpaired) electrons. The smallest absolute Gasteiger partial charge is 0.192 e. The van der Waals surface area contributed by atoms with Gasteiger partial charge in [0.1, 0.15) is 0 Å². The van der Waals surface area contributed by atoms with Crippen LogP contribution in [0.2, 0.25) is 18.1 Å². The molecule has 2 fully saturated rings. The van der Waals surface area contributed by atoms with Crippen LogP contribution in [-0.4, -0.2) is 43.7 Å². The van der Waals surface area contributed by atoms with Crippen molar-refractivity contribution in [2.75, 3.05) is 23.9 Å². The highest BCUT2D eigenvalue weighted by atomic mass is 32.2. The van der Waals surface area contributed by atoms with Gasteiger partial charge in [-0.2, -0.15) is 0 Å². The van der Waals surface area contributed by atoms with Crippen LogP contribution in [0.25, 0.3) is 0 Å². The Hall–Kier alpha value is -1.27. The summed E-state index contributed by atoms with van der Waals surface area (Å²) >= 11 is 2.04. The number of para-hydroxylation sites is 1. The number of hydrogen-bond acceptors (Lipinski definition) is 4. The van der Waals surface area contributed by atoms with E-state index in [2.05, 4.69) is 104 Å². The maximum atomic E-state index is 7.10. The number of rotatable bonds is 5. The van der Waals surface area contributed by atoms with Crippen LogP contribution in [-0.2, 0) is 11.0 Å². The van der Waals surface area contributed by atoms with Gasteiger partial charge < -0.3 is 8.73 Å². The van der Waals surface area contributed by atoms with Gasteiger partial charge in [0.05, 0.1) is 17.4 Å². The minimum atomic E-state index is -1.85. The Balaban J connectivity index is 1.56. The minimum Gasteiger partial charge on any atom is -0.411 e. The maximum absolute atomic E-state index is 7.10. The van der Waals surface area contributed by atoms with E-state index in [0.29, 0.717) is 0 Å². The molecule has 5 heteroatoms. The van der Waals surface area contributed by atoms with Crippen molar-refractivity contribution in [1.82, 2.24) is 4.90 Å². The Kier molecular flexibility index (Phi) is 6.10. The molecule has 2 heterocycles. The highest BCUT2D eigenvalue weighted by molar-refractivity contribution is 8.02.